The van der Waals surface area contributed by atoms with Crippen LogP contribution in [0.25, 0.3) is 0 Å². The van der Waals surface area contributed by atoms with Gasteiger partial charge in [0.2, 0.25) is 5.91 Å². The number of hydrogen-bond acceptors (Lipinski definition) is 1. The van der Waals surface area contributed by atoms with Crippen LogP contribution in [0.2, 0.25) is 5.02 Å². The Balaban J connectivity index is 2.71. The Morgan fingerprint density at radius 3 is 2.80 bits per heavy atom. The molecule has 0 aliphatic carbocycles. The molecule has 15 heavy (non-hydrogen) atoms. The summed E-state index contributed by atoms with van der Waals surface area (Å²) in [5, 5.41) is 3.13. The minimum Gasteiger partial charge on any atom is -0.354 e. The van der Waals surface area contributed by atoms with Crippen molar-refractivity contribution in [1.82, 2.24) is 5.32 Å². The molecule has 0 fully saturated rings. The van der Waals surface area contributed by atoms with Crippen LogP contribution in [-0.2, 0) is 11.2 Å². The zero-order valence-corrected chi connectivity index (χ0v) is 9.44. The second-order valence-corrected chi connectivity index (χ2v) is 4.04. The summed E-state index contributed by atoms with van der Waals surface area (Å²) in [6.45, 7) is 3.73. The van der Waals surface area contributed by atoms with Crippen molar-refractivity contribution in [2.24, 2.45) is 0 Å². The average molecular weight is 230 g/mol. The van der Waals surface area contributed by atoms with Crippen LogP contribution < -0.4 is 5.32 Å². The lowest BCUT2D eigenvalue weighted by atomic mass is 10.1. The van der Waals surface area contributed by atoms with Crippen molar-refractivity contribution in [2.75, 3.05) is 0 Å². The van der Waals surface area contributed by atoms with Gasteiger partial charge in [-0.3, -0.25) is 4.79 Å². The van der Waals surface area contributed by atoms with E-state index >= 15 is 0 Å². The molecular weight excluding hydrogens is 217 g/mol. The SMILES string of the molecule is CC(C)NC(=O)Cc1cc(F)ccc1Cl. The zero-order valence-electron chi connectivity index (χ0n) is 8.68. The summed E-state index contributed by atoms with van der Waals surface area (Å²) in [6, 6.07) is 4.08. The van der Waals surface area contributed by atoms with Gasteiger partial charge in [-0.15, -0.1) is 0 Å². The fourth-order valence-electron chi connectivity index (χ4n) is 1.22. The van der Waals surface area contributed by atoms with Crippen LogP contribution in [0.5, 0.6) is 0 Å². The molecule has 0 aromatic heterocycles. The van der Waals surface area contributed by atoms with Crippen LogP contribution in [0.4, 0.5) is 4.39 Å². The monoisotopic (exact) mass is 229 g/mol. The number of amides is 1. The number of halogens is 2. The number of hydrogen-bond donors (Lipinski definition) is 1. The molecule has 0 aliphatic heterocycles. The molecule has 2 nitrogen and oxygen atoms in total. The van der Waals surface area contributed by atoms with E-state index in [4.69, 9.17) is 11.6 Å². The first-order chi connectivity index (χ1) is 6.99. The number of carbonyl (C=O) groups excluding carboxylic acids is 1. The topological polar surface area (TPSA) is 29.1 Å². The quantitative estimate of drug-likeness (QED) is 0.848. The van der Waals surface area contributed by atoms with Crippen molar-refractivity contribution >= 4 is 17.5 Å². The molecule has 0 heterocycles. The van der Waals surface area contributed by atoms with E-state index in [9.17, 15) is 9.18 Å². The number of benzene rings is 1. The molecule has 1 aromatic carbocycles. The van der Waals surface area contributed by atoms with E-state index in [1.54, 1.807) is 0 Å². The number of nitrogens with one attached hydrogen (secondary N) is 1. The maximum atomic E-state index is 12.9. The molecule has 0 atom stereocenters. The van der Waals surface area contributed by atoms with Crippen LogP contribution in [-0.4, -0.2) is 11.9 Å². The van der Waals surface area contributed by atoms with Gasteiger partial charge in [0.05, 0.1) is 6.42 Å². The standard InChI is InChI=1S/C11H13ClFNO/c1-7(2)14-11(15)6-8-5-9(13)3-4-10(8)12/h3-5,7H,6H2,1-2H3,(H,14,15). The maximum absolute atomic E-state index is 12.9. The Bertz CT molecular complexity index is 366. The Hall–Kier alpha value is -1.09. The average Bonchev–Trinajstić information content (AvgIpc) is 2.10. The van der Waals surface area contributed by atoms with Gasteiger partial charge in [-0.05, 0) is 37.6 Å². The van der Waals surface area contributed by atoms with E-state index in [2.05, 4.69) is 5.32 Å². The first kappa shape index (κ1) is 12.0. The van der Waals surface area contributed by atoms with Crippen LogP contribution in [0, 0.1) is 5.82 Å². The Labute approximate surface area is 93.4 Å². The van der Waals surface area contributed by atoms with Gasteiger partial charge in [0, 0.05) is 11.1 Å². The van der Waals surface area contributed by atoms with Crippen LogP contribution >= 0.6 is 11.6 Å². The van der Waals surface area contributed by atoms with E-state index in [1.165, 1.54) is 18.2 Å². The van der Waals surface area contributed by atoms with E-state index < -0.39 is 0 Å². The van der Waals surface area contributed by atoms with Gasteiger partial charge in [0.15, 0.2) is 0 Å². The van der Waals surface area contributed by atoms with Gasteiger partial charge in [-0.1, -0.05) is 11.6 Å². The lowest BCUT2D eigenvalue weighted by molar-refractivity contribution is -0.120. The van der Waals surface area contributed by atoms with Gasteiger partial charge < -0.3 is 5.32 Å². The smallest absolute Gasteiger partial charge is 0.224 e. The van der Waals surface area contributed by atoms with Crippen LogP contribution in [0.3, 0.4) is 0 Å². The van der Waals surface area contributed by atoms with Crippen LogP contribution in [0.1, 0.15) is 19.4 Å². The number of carbonyl (C=O) groups is 1. The normalized spacial score (nSPS) is 10.5. The minimum atomic E-state index is -0.383. The molecule has 1 N–H and O–H groups in total. The molecule has 0 saturated heterocycles. The molecule has 0 unspecified atom stereocenters. The summed E-state index contributed by atoms with van der Waals surface area (Å²) < 4.78 is 12.9. The van der Waals surface area contributed by atoms with Gasteiger partial charge in [0.25, 0.3) is 0 Å². The van der Waals surface area contributed by atoms with Crippen molar-refractivity contribution in [2.45, 2.75) is 26.3 Å². The fourth-order valence-corrected chi connectivity index (χ4v) is 1.41. The first-order valence-electron chi connectivity index (χ1n) is 4.72. The second kappa shape index (κ2) is 5.12. The van der Waals surface area contributed by atoms with E-state index in [1.807, 2.05) is 13.8 Å². The summed E-state index contributed by atoms with van der Waals surface area (Å²) in [5.74, 6) is -0.538. The first-order valence-corrected chi connectivity index (χ1v) is 5.10. The van der Waals surface area contributed by atoms with E-state index in [0.717, 1.165) is 0 Å². The molecule has 0 aliphatic rings. The van der Waals surface area contributed by atoms with E-state index in [0.29, 0.717) is 10.6 Å². The minimum absolute atomic E-state index is 0.0739. The maximum Gasteiger partial charge on any atom is 0.224 e. The van der Waals surface area contributed by atoms with Crippen LogP contribution in [0.15, 0.2) is 18.2 Å². The third-order valence-corrected chi connectivity index (χ3v) is 2.18. The van der Waals surface area contributed by atoms with Gasteiger partial charge in [0.1, 0.15) is 5.82 Å². The highest BCUT2D eigenvalue weighted by atomic mass is 35.5. The highest BCUT2D eigenvalue weighted by Gasteiger charge is 2.08. The Kier molecular flexibility index (Phi) is 4.09. The molecule has 82 valence electrons. The van der Waals surface area contributed by atoms with Gasteiger partial charge in [-0.2, -0.15) is 0 Å². The van der Waals surface area contributed by atoms with Crippen molar-refractivity contribution < 1.29 is 9.18 Å². The molecule has 4 heteroatoms. The van der Waals surface area contributed by atoms with E-state index in [-0.39, 0.29) is 24.2 Å². The van der Waals surface area contributed by atoms with Crippen molar-refractivity contribution in [3.05, 3.63) is 34.6 Å². The fraction of sp³-hybridized carbons (Fsp3) is 0.364. The Morgan fingerprint density at radius 2 is 2.20 bits per heavy atom. The molecule has 1 amide bonds. The van der Waals surface area contributed by atoms with Gasteiger partial charge in [-0.25, -0.2) is 4.39 Å². The third-order valence-electron chi connectivity index (χ3n) is 1.81. The highest BCUT2D eigenvalue weighted by molar-refractivity contribution is 6.31. The van der Waals surface area contributed by atoms with Crippen molar-refractivity contribution in [3.8, 4) is 0 Å². The molecule has 0 saturated carbocycles. The molecule has 1 rings (SSSR count). The van der Waals surface area contributed by atoms with Crippen molar-refractivity contribution in [3.63, 3.8) is 0 Å². The Morgan fingerprint density at radius 1 is 1.53 bits per heavy atom. The van der Waals surface area contributed by atoms with Gasteiger partial charge >= 0.3 is 0 Å². The lowest BCUT2D eigenvalue weighted by Crippen LogP contribution is -2.31. The van der Waals surface area contributed by atoms with Crippen molar-refractivity contribution in [1.29, 1.82) is 0 Å². The summed E-state index contributed by atoms with van der Waals surface area (Å²) in [5.41, 5.74) is 0.509. The second-order valence-electron chi connectivity index (χ2n) is 3.63. The summed E-state index contributed by atoms with van der Waals surface area (Å²) >= 11 is 5.83. The molecule has 1 aromatic rings. The predicted octanol–water partition coefficient (Wildman–Crippen LogP) is 2.55. The largest absolute Gasteiger partial charge is 0.354 e. The molecular formula is C11H13ClFNO. The lowest BCUT2D eigenvalue weighted by Gasteiger charge is -2.09. The predicted molar refractivity (Wildman–Crippen MR) is 58.4 cm³/mol. The molecule has 0 spiro atoms. The summed E-state index contributed by atoms with van der Waals surface area (Å²) in [7, 11) is 0. The molecule has 0 radical (unpaired) electrons. The zero-order chi connectivity index (χ0) is 11.4. The highest BCUT2D eigenvalue weighted by Crippen LogP contribution is 2.17. The third kappa shape index (κ3) is 3.88. The molecule has 0 bridgehead atoms. The number of rotatable bonds is 3. The summed E-state index contributed by atoms with van der Waals surface area (Å²) in [4.78, 5) is 11.4. The summed E-state index contributed by atoms with van der Waals surface area (Å²) in [6.07, 6.45) is 0.106.